The van der Waals surface area contributed by atoms with Gasteiger partial charge in [0.15, 0.2) is 11.6 Å². The van der Waals surface area contributed by atoms with Gasteiger partial charge in [-0.05, 0) is 31.2 Å². The highest BCUT2D eigenvalue weighted by Crippen LogP contribution is 2.32. The molecular formula is C16H12F4N2O4S. The second kappa shape index (κ2) is 6.72. The van der Waals surface area contributed by atoms with Crippen LogP contribution in [-0.2, 0) is 10.1 Å². The lowest BCUT2D eigenvalue weighted by Gasteiger charge is -2.15. The zero-order valence-corrected chi connectivity index (χ0v) is 14.5. The van der Waals surface area contributed by atoms with Gasteiger partial charge in [-0.25, -0.2) is 13.6 Å². The second-order valence-electron chi connectivity index (χ2n) is 5.62. The molecule has 3 rings (SSSR count). The number of amides is 2. The van der Waals surface area contributed by atoms with Crippen molar-refractivity contribution in [3.8, 4) is 5.75 Å². The first-order valence-electron chi connectivity index (χ1n) is 7.56. The number of benzene rings is 2. The smallest absolute Gasteiger partial charge is 0.339 e. The Morgan fingerprint density at radius 1 is 1.00 bits per heavy atom. The highest BCUT2D eigenvalue weighted by atomic mass is 32.2. The van der Waals surface area contributed by atoms with Crippen LogP contribution in [0, 0.1) is 30.2 Å². The summed E-state index contributed by atoms with van der Waals surface area (Å²) < 4.78 is 83.6. The molecular weight excluding hydrogens is 392 g/mol. The molecule has 11 heteroatoms. The molecule has 0 radical (unpaired) electrons. The van der Waals surface area contributed by atoms with Crippen molar-refractivity contribution in [1.82, 2.24) is 5.32 Å². The molecule has 1 aliphatic rings. The van der Waals surface area contributed by atoms with E-state index in [1.807, 2.05) is 0 Å². The summed E-state index contributed by atoms with van der Waals surface area (Å²) in [4.78, 5) is 12.4. The minimum Gasteiger partial charge on any atom is -0.372 e. The van der Waals surface area contributed by atoms with Crippen LogP contribution >= 0.6 is 0 Å². The lowest BCUT2D eigenvalue weighted by Crippen LogP contribution is -2.27. The third-order valence-electron chi connectivity index (χ3n) is 3.93. The van der Waals surface area contributed by atoms with Gasteiger partial charge in [-0.15, -0.1) is 0 Å². The van der Waals surface area contributed by atoms with E-state index < -0.39 is 49.6 Å². The number of urea groups is 1. The van der Waals surface area contributed by atoms with Gasteiger partial charge in [0.1, 0.15) is 4.90 Å². The summed E-state index contributed by atoms with van der Waals surface area (Å²) in [5.41, 5.74) is -0.559. The lowest BCUT2D eigenvalue weighted by atomic mass is 10.2. The molecule has 0 aliphatic carbocycles. The van der Waals surface area contributed by atoms with E-state index in [2.05, 4.69) is 9.50 Å². The number of carbonyl (C=O) groups is 1. The highest BCUT2D eigenvalue weighted by Gasteiger charge is 2.29. The van der Waals surface area contributed by atoms with Crippen molar-refractivity contribution in [2.45, 2.75) is 11.8 Å². The Morgan fingerprint density at radius 3 is 2.04 bits per heavy atom. The summed E-state index contributed by atoms with van der Waals surface area (Å²) in [6, 6.07) is 4.27. The standard InChI is InChI=1S/C16H12F4N2O4S/c1-8-11(17)13(19)15(14(20)12(8)18)26-27(24,25)10-4-2-9(3-5-10)22-7-6-21-16(22)23/h2-5H,6-7H2,1H3,(H,21,23). The monoisotopic (exact) mass is 404 g/mol. The van der Waals surface area contributed by atoms with Crippen LogP contribution in [0.4, 0.5) is 28.0 Å². The zero-order chi connectivity index (χ0) is 19.9. The van der Waals surface area contributed by atoms with Crippen LogP contribution in [0.15, 0.2) is 29.2 Å². The van der Waals surface area contributed by atoms with E-state index in [1.54, 1.807) is 0 Å². The average Bonchev–Trinajstić information content (AvgIpc) is 3.08. The molecule has 1 N–H and O–H groups in total. The molecule has 2 aromatic rings. The molecule has 1 saturated heterocycles. The minimum atomic E-state index is -4.79. The van der Waals surface area contributed by atoms with Crippen molar-refractivity contribution >= 4 is 21.8 Å². The number of rotatable bonds is 4. The number of nitrogens with one attached hydrogen (secondary N) is 1. The lowest BCUT2D eigenvalue weighted by molar-refractivity contribution is 0.252. The van der Waals surface area contributed by atoms with E-state index in [-0.39, 0.29) is 6.03 Å². The Morgan fingerprint density at radius 2 is 1.56 bits per heavy atom. The summed E-state index contributed by atoms with van der Waals surface area (Å²) in [6.07, 6.45) is 0. The van der Waals surface area contributed by atoms with Gasteiger partial charge in [-0.2, -0.15) is 17.2 Å². The summed E-state index contributed by atoms with van der Waals surface area (Å²) in [6.45, 7) is 1.59. The summed E-state index contributed by atoms with van der Waals surface area (Å²) in [5.74, 6) is -9.12. The van der Waals surface area contributed by atoms with E-state index >= 15 is 0 Å². The van der Waals surface area contributed by atoms with Crippen LogP contribution in [0.2, 0.25) is 0 Å². The maximum absolute atomic E-state index is 13.8. The first-order valence-corrected chi connectivity index (χ1v) is 8.96. The van der Waals surface area contributed by atoms with Crippen molar-refractivity contribution in [2.24, 2.45) is 0 Å². The Kier molecular flexibility index (Phi) is 4.72. The average molecular weight is 404 g/mol. The quantitative estimate of drug-likeness (QED) is 0.483. The molecule has 6 nitrogen and oxygen atoms in total. The Labute approximate surface area is 151 Å². The third-order valence-corrected chi connectivity index (χ3v) is 5.17. The normalized spacial score (nSPS) is 14.4. The molecule has 1 fully saturated rings. The van der Waals surface area contributed by atoms with Crippen LogP contribution in [0.3, 0.4) is 0 Å². The van der Waals surface area contributed by atoms with Gasteiger partial charge in [-0.1, -0.05) is 0 Å². The van der Waals surface area contributed by atoms with Crippen LogP contribution in [0.1, 0.15) is 5.56 Å². The third kappa shape index (κ3) is 3.29. The number of halogens is 4. The van der Waals surface area contributed by atoms with Gasteiger partial charge in [0.2, 0.25) is 17.4 Å². The molecule has 0 unspecified atom stereocenters. The van der Waals surface area contributed by atoms with Crippen molar-refractivity contribution in [3.63, 3.8) is 0 Å². The van der Waals surface area contributed by atoms with Crippen molar-refractivity contribution < 1.29 is 35.0 Å². The minimum absolute atomic E-state index is 0.364. The molecule has 144 valence electrons. The molecule has 2 amide bonds. The molecule has 0 atom stereocenters. The van der Waals surface area contributed by atoms with Crippen molar-refractivity contribution in [2.75, 3.05) is 18.0 Å². The van der Waals surface area contributed by atoms with E-state index in [4.69, 9.17) is 0 Å². The Bertz CT molecular complexity index is 997. The van der Waals surface area contributed by atoms with Crippen LogP contribution in [0.5, 0.6) is 5.75 Å². The molecule has 1 heterocycles. The maximum Gasteiger partial charge on any atom is 0.339 e. The summed E-state index contributed by atoms with van der Waals surface area (Å²) in [7, 11) is -4.79. The van der Waals surface area contributed by atoms with Crippen molar-refractivity contribution in [1.29, 1.82) is 0 Å². The number of hydrogen-bond acceptors (Lipinski definition) is 4. The predicted octanol–water partition coefficient (Wildman–Crippen LogP) is 2.85. The molecule has 2 aromatic carbocycles. The number of carbonyl (C=O) groups excluding carboxylic acids is 1. The van der Waals surface area contributed by atoms with Gasteiger partial charge in [0, 0.05) is 24.3 Å². The summed E-state index contributed by atoms with van der Waals surface area (Å²) in [5, 5.41) is 2.56. The first-order chi connectivity index (χ1) is 12.6. The van der Waals surface area contributed by atoms with E-state index in [1.165, 1.54) is 17.0 Å². The number of anilines is 1. The largest absolute Gasteiger partial charge is 0.372 e. The summed E-state index contributed by atoms with van der Waals surface area (Å²) >= 11 is 0. The van der Waals surface area contributed by atoms with Gasteiger partial charge in [0.25, 0.3) is 0 Å². The van der Waals surface area contributed by atoms with Gasteiger partial charge >= 0.3 is 16.1 Å². The van der Waals surface area contributed by atoms with Gasteiger partial charge < -0.3 is 9.50 Å². The fourth-order valence-corrected chi connectivity index (χ4v) is 3.39. The Hall–Kier alpha value is -2.82. The molecule has 0 saturated carbocycles. The van der Waals surface area contributed by atoms with Crippen LogP contribution < -0.4 is 14.4 Å². The highest BCUT2D eigenvalue weighted by molar-refractivity contribution is 7.87. The number of nitrogens with zero attached hydrogens (tertiary/aromatic N) is 1. The van der Waals surface area contributed by atoms with E-state index in [9.17, 15) is 30.8 Å². The van der Waals surface area contributed by atoms with Crippen LogP contribution in [-0.4, -0.2) is 27.5 Å². The topological polar surface area (TPSA) is 75.7 Å². The molecule has 0 bridgehead atoms. The Balaban J connectivity index is 1.93. The maximum atomic E-state index is 13.8. The van der Waals surface area contributed by atoms with E-state index in [0.717, 1.165) is 19.1 Å². The fourth-order valence-electron chi connectivity index (χ4n) is 2.46. The van der Waals surface area contributed by atoms with Crippen LogP contribution in [0.25, 0.3) is 0 Å². The molecule has 1 aliphatic heterocycles. The predicted molar refractivity (Wildman–Crippen MR) is 86.0 cm³/mol. The second-order valence-corrected chi connectivity index (χ2v) is 7.17. The van der Waals surface area contributed by atoms with Gasteiger partial charge in [-0.3, -0.25) is 4.90 Å². The van der Waals surface area contributed by atoms with Gasteiger partial charge in [0.05, 0.1) is 0 Å². The molecule has 0 aromatic heterocycles. The molecule has 0 spiro atoms. The SMILES string of the molecule is Cc1c(F)c(F)c(OS(=O)(=O)c2ccc(N3CCNC3=O)cc2)c(F)c1F. The fraction of sp³-hybridized carbons (Fsp3) is 0.188. The first kappa shape index (κ1) is 19.0. The van der Waals surface area contributed by atoms with E-state index in [0.29, 0.717) is 18.8 Å². The molecule has 27 heavy (non-hydrogen) atoms. The van der Waals surface area contributed by atoms with Crippen molar-refractivity contribution in [3.05, 3.63) is 53.1 Å². The zero-order valence-electron chi connectivity index (χ0n) is 13.7. The number of hydrogen-bond donors (Lipinski definition) is 1.